The van der Waals surface area contributed by atoms with Gasteiger partial charge in [0.25, 0.3) is 0 Å². The Morgan fingerprint density at radius 1 is 1.62 bits per heavy atom. The predicted octanol–water partition coefficient (Wildman–Crippen LogP) is 1.82. The molecule has 1 atom stereocenters. The topological polar surface area (TPSA) is 51.6 Å². The summed E-state index contributed by atoms with van der Waals surface area (Å²) in [4.78, 5) is 3.11. The third kappa shape index (κ3) is 1.90. The summed E-state index contributed by atoms with van der Waals surface area (Å²) in [5, 5.41) is 12.1. The van der Waals surface area contributed by atoms with Crippen molar-refractivity contribution >= 4 is 0 Å². The molecule has 0 saturated heterocycles. The van der Waals surface area contributed by atoms with E-state index in [1.165, 1.54) is 0 Å². The first-order valence-electron chi connectivity index (χ1n) is 4.33. The van der Waals surface area contributed by atoms with E-state index in [9.17, 15) is 0 Å². The van der Waals surface area contributed by atoms with E-state index in [1.54, 1.807) is 0 Å². The Labute approximate surface area is 78.8 Å². The van der Waals surface area contributed by atoms with E-state index in [1.807, 2.05) is 39.2 Å². The molecule has 0 fully saturated rings. The summed E-state index contributed by atoms with van der Waals surface area (Å²) in [6, 6.07) is 6.27. The number of H-pyrrole nitrogens is 1. The van der Waals surface area contributed by atoms with E-state index in [4.69, 9.17) is 5.26 Å². The number of hydrogen-bond donors (Lipinski definition) is 2. The van der Waals surface area contributed by atoms with Crippen molar-refractivity contribution in [2.24, 2.45) is 5.41 Å². The van der Waals surface area contributed by atoms with Crippen LogP contribution in [0, 0.1) is 16.7 Å². The van der Waals surface area contributed by atoms with Crippen molar-refractivity contribution in [3.05, 3.63) is 24.0 Å². The van der Waals surface area contributed by atoms with Crippen LogP contribution in [-0.2, 0) is 0 Å². The minimum Gasteiger partial charge on any atom is -0.364 e. The number of hydrogen-bond acceptors (Lipinski definition) is 2. The van der Waals surface area contributed by atoms with E-state index in [0.717, 1.165) is 5.69 Å². The van der Waals surface area contributed by atoms with Crippen LogP contribution in [0.5, 0.6) is 0 Å². The third-order valence-electron chi connectivity index (χ3n) is 2.23. The van der Waals surface area contributed by atoms with Crippen molar-refractivity contribution in [2.75, 3.05) is 7.05 Å². The van der Waals surface area contributed by atoms with Gasteiger partial charge < -0.3 is 10.3 Å². The van der Waals surface area contributed by atoms with Gasteiger partial charge >= 0.3 is 0 Å². The Kier molecular flexibility index (Phi) is 2.74. The first kappa shape index (κ1) is 9.82. The maximum atomic E-state index is 8.99. The highest BCUT2D eigenvalue weighted by molar-refractivity contribution is 5.16. The van der Waals surface area contributed by atoms with Crippen molar-refractivity contribution in [3.8, 4) is 6.07 Å². The van der Waals surface area contributed by atoms with E-state index in [2.05, 4.69) is 16.4 Å². The van der Waals surface area contributed by atoms with Crippen LogP contribution in [0.3, 0.4) is 0 Å². The Morgan fingerprint density at radius 3 is 2.69 bits per heavy atom. The minimum atomic E-state index is -0.403. The predicted molar refractivity (Wildman–Crippen MR) is 52.0 cm³/mol. The molecule has 1 heterocycles. The summed E-state index contributed by atoms with van der Waals surface area (Å²) in [7, 11) is 1.87. The largest absolute Gasteiger partial charge is 0.364 e. The van der Waals surface area contributed by atoms with Crippen LogP contribution in [0.2, 0.25) is 0 Å². The van der Waals surface area contributed by atoms with Gasteiger partial charge in [-0.15, -0.1) is 0 Å². The molecule has 0 aliphatic carbocycles. The zero-order chi connectivity index (χ0) is 9.90. The van der Waals surface area contributed by atoms with Crippen LogP contribution in [-0.4, -0.2) is 12.0 Å². The fraction of sp³-hybridized carbons (Fsp3) is 0.500. The minimum absolute atomic E-state index is 0.0486. The summed E-state index contributed by atoms with van der Waals surface area (Å²) in [6.07, 6.45) is 1.87. The number of nitriles is 1. The maximum Gasteiger partial charge on any atom is 0.0726 e. The SMILES string of the molecule is CNC(c1ccc[nH]1)C(C)(C)C#N. The summed E-state index contributed by atoms with van der Waals surface area (Å²) < 4.78 is 0. The smallest absolute Gasteiger partial charge is 0.0726 e. The first-order valence-corrected chi connectivity index (χ1v) is 4.33. The number of rotatable bonds is 3. The molecule has 0 radical (unpaired) electrons. The molecule has 1 aromatic heterocycles. The first-order chi connectivity index (χ1) is 6.11. The van der Waals surface area contributed by atoms with Gasteiger partial charge in [0, 0.05) is 11.9 Å². The number of aromatic nitrogens is 1. The molecule has 0 saturated carbocycles. The Morgan fingerprint density at radius 2 is 2.31 bits per heavy atom. The molecule has 0 amide bonds. The molecular weight excluding hydrogens is 162 g/mol. The van der Waals surface area contributed by atoms with Gasteiger partial charge in [0.05, 0.1) is 17.5 Å². The zero-order valence-electron chi connectivity index (χ0n) is 8.26. The normalized spacial score (nSPS) is 13.7. The number of nitrogens with zero attached hydrogens (tertiary/aromatic N) is 1. The highest BCUT2D eigenvalue weighted by atomic mass is 14.9. The Hall–Kier alpha value is -1.27. The van der Waals surface area contributed by atoms with Crippen LogP contribution < -0.4 is 5.32 Å². The lowest BCUT2D eigenvalue weighted by molar-refractivity contribution is 0.338. The fourth-order valence-corrected chi connectivity index (χ4v) is 1.49. The van der Waals surface area contributed by atoms with E-state index >= 15 is 0 Å². The number of aromatic amines is 1. The van der Waals surface area contributed by atoms with Crippen LogP contribution in [0.4, 0.5) is 0 Å². The second kappa shape index (κ2) is 3.63. The molecule has 13 heavy (non-hydrogen) atoms. The average Bonchev–Trinajstić information content (AvgIpc) is 2.58. The molecule has 2 N–H and O–H groups in total. The molecule has 0 bridgehead atoms. The van der Waals surface area contributed by atoms with Crippen LogP contribution in [0.25, 0.3) is 0 Å². The quantitative estimate of drug-likeness (QED) is 0.740. The molecule has 0 spiro atoms. The maximum absolute atomic E-state index is 8.99. The second-order valence-electron chi connectivity index (χ2n) is 3.68. The molecule has 1 aromatic rings. The third-order valence-corrected chi connectivity index (χ3v) is 2.23. The Bertz CT molecular complexity index is 292. The van der Waals surface area contributed by atoms with Crippen LogP contribution in [0.1, 0.15) is 25.6 Å². The van der Waals surface area contributed by atoms with Crippen molar-refractivity contribution in [1.29, 1.82) is 5.26 Å². The van der Waals surface area contributed by atoms with Gasteiger partial charge in [-0.3, -0.25) is 0 Å². The average molecular weight is 177 g/mol. The van der Waals surface area contributed by atoms with Gasteiger partial charge in [-0.2, -0.15) is 5.26 Å². The molecule has 3 heteroatoms. The van der Waals surface area contributed by atoms with Gasteiger partial charge in [-0.1, -0.05) is 0 Å². The molecule has 70 valence electrons. The zero-order valence-corrected chi connectivity index (χ0v) is 8.26. The molecular formula is C10H15N3. The van der Waals surface area contributed by atoms with E-state index < -0.39 is 5.41 Å². The highest BCUT2D eigenvalue weighted by Gasteiger charge is 2.29. The molecule has 1 unspecified atom stereocenters. The van der Waals surface area contributed by atoms with Crippen molar-refractivity contribution in [1.82, 2.24) is 10.3 Å². The van der Waals surface area contributed by atoms with Crippen LogP contribution >= 0.6 is 0 Å². The molecule has 0 aliphatic heterocycles. The van der Waals surface area contributed by atoms with Crippen molar-refractivity contribution in [3.63, 3.8) is 0 Å². The molecule has 1 rings (SSSR count). The fourth-order valence-electron chi connectivity index (χ4n) is 1.49. The van der Waals surface area contributed by atoms with Gasteiger partial charge in [0.15, 0.2) is 0 Å². The summed E-state index contributed by atoms with van der Waals surface area (Å²) in [6.45, 7) is 3.85. The van der Waals surface area contributed by atoms with E-state index in [0.29, 0.717) is 0 Å². The summed E-state index contributed by atoms with van der Waals surface area (Å²) in [5.41, 5.74) is 0.647. The molecule has 3 nitrogen and oxygen atoms in total. The number of nitrogens with one attached hydrogen (secondary N) is 2. The lowest BCUT2D eigenvalue weighted by Crippen LogP contribution is -2.31. The lowest BCUT2D eigenvalue weighted by Gasteiger charge is -2.26. The second-order valence-corrected chi connectivity index (χ2v) is 3.68. The summed E-state index contributed by atoms with van der Waals surface area (Å²) >= 11 is 0. The van der Waals surface area contributed by atoms with Gasteiger partial charge in [0.2, 0.25) is 0 Å². The van der Waals surface area contributed by atoms with Gasteiger partial charge in [0.1, 0.15) is 0 Å². The van der Waals surface area contributed by atoms with Crippen molar-refractivity contribution in [2.45, 2.75) is 19.9 Å². The monoisotopic (exact) mass is 177 g/mol. The van der Waals surface area contributed by atoms with E-state index in [-0.39, 0.29) is 6.04 Å². The molecule has 0 aromatic carbocycles. The van der Waals surface area contributed by atoms with Crippen molar-refractivity contribution < 1.29 is 0 Å². The standard InChI is InChI=1S/C10H15N3/c1-10(2,7-11)9(12-3)8-5-4-6-13-8/h4-6,9,12-13H,1-3H3. The lowest BCUT2D eigenvalue weighted by atomic mass is 9.84. The van der Waals surface area contributed by atoms with Crippen LogP contribution in [0.15, 0.2) is 18.3 Å². The Balaban J connectivity index is 2.94. The molecule has 0 aliphatic rings. The van der Waals surface area contributed by atoms with Gasteiger partial charge in [-0.05, 0) is 33.0 Å². The highest BCUT2D eigenvalue weighted by Crippen LogP contribution is 2.30. The summed E-state index contributed by atoms with van der Waals surface area (Å²) in [5.74, 6) is 0. The van der Waals surface area contributed by atoms with Gasteiger partial charge in [-0.25, -0.2) is 0 Å².